The van der Waals surface area contributed by atoms with Crippen molar-refractivity contribution in [3.63, 3.8) is 0 Å². The normalized spacial score (nSPS) is 12.6. The molecular formula is C32H23N7O15S4. The molecule has 0 aliphatic carbocycles. The zero-order valence-corrected chi connectivity index (χ0v) is 31.7. The van der Waals surface area contributed by atoms with Crippen molar-refractivity contribution in [2.24, 2.45) is 20.5 Å². The molecule has 300 valence electrons. The highest BCUT2D eigenvalue weighted by molar-refractivity contribution is 7.94. The third-order valence-electron chi connectivity index (χ3n) is 7.98. The van der Waals surface area contributed by atoms with Gasteiger partial charge < -0.3 is 16.2 Å². The average Bonchev–Trinajstić information content (AvgIpc) is 3.15. The Balaban J connectivity index is 1.36. The fourth-order valence-corrected chi connectivity index (χ4v) is 7.68. The van der Waals surface area contributed by atoms with Gasteiger partial charge in [0.15, 0.2) is 5.75 Å². The Labute approximate surface area is 329 Å². The Morgan fingerprint density at radius 3 is 1.98 bits per heavy atom. The van der Waals surface area contributed by atoms with Gasteiger partial charge in [-0.3, -0.25) is 23.8 Å². The van der Waals surface area contributed by atoms with E-state index in [2.05, 4.69) is 35.1 Å². The topological polar surface area (TPSA) is 353 Å². The van der Waals surface area contributed by atoms with E-state index in [-0.39, 0.29) is 54.9 Å². The van der Waals surface area contributed by atoms with Crippen molar-refractivity contribution >= 4 is 109 Å². The molecule has 0 saturated carbocycles. The molecule has 22 nitrogen and oxygen atoms in total. The van der Waals surface area contributed by atoms with Gasteiger partial charge in [0.1, 0.15) is 15.5 Å². The summed E-state index contributed by atoms with van der Waals surface area (Å²) in [5, 5.41) is 54.4. The number of nitro benzene ring substituents is 1. The number of hydrogen-bond acceptors (Lipinski definition) is 19. The van der Waals surface area contributed by atoms with E-state index in [0.717, 1.165) is 36.4 Å². The standard InChI is InChI=1S/C32H23N7O15S4/c33-24-15-22-16(12-29(24)57(47,48)49)11-28(55-54-53-43)31(32(22)40)38-37-26-10-9-25(21-7-6-20(14-23(21)26)56(44,45)46)36-35-18-3-1-17(2-4-18)34-27-8-5-19(39(41)42)13-30(27)58(50,51)52/h1-15,34,40,43H,33H2,(H,44,45,46)(H,47,48,49)(H,50,51,52). The van der Waals surface area contributed by atoms with Crippen molar-refractivity contribution in [3.8, 4) is 5.75 Å². The van der Waals surface area contributed by atoms with Crippen molar-refractivity contribution in [3.05, 3.63) is 101 Å². The molecule has 0 atom stereocenters. The molecule has 0 aromatic heterocycles. The van der Waals surface area contributed by atoms with Crippen molar-refractivity contribution in [2.75, 3.05) is 11.1 Å². The smallest absolute Gasteiger partial charge is 0.296 e. The Morgan fingerprint density at radius 1 is 0.707 bits per heavy atom. The third kappa shape index (κ3) is 9.00. The number of nitrogen functional groups attached to an aromatic ring is 1. The largest absolute Gasteiger partial charge is 0.505 e. The van der Waals surface area contributed by atoms with Crippen molar-refractivity contribution in [1.82, 2.24) is 0 Å². The van der Waals surface area contributed by atoms with Gasteiger partial charge in [0, 0.05) is 34.0 Å². The Bertz CT molecular complexity index is 3060. The summed E-state index contributed by atoms with van der Waals surface area (Å²) < 4.78 is 105. The minimum Gasteiger partial charge on any atom is -0.505 e. The quantitative estimate of drug-likeness (QED) is 0.0110. The van der Waals surface area contributed by atoms with Crippen LogP contribution >= 0.6 is 12.0 Å². The minimum absolute atomic E-state index is 0.0265. The molecule has 0 heterocycles. The van der Waals surface area contributed by atoms with Crippen LogP contribution in [0.2, 0.25) is 0 Å². The number of azo groups is 2. The molecule has 0 aliphatic heterocycles. The first-order chi connectivity index (χ1) is 27.2. The van der Waals surface area contributed by atoms with E-state index in [0.29, 0.717) is 23.8 Å². The van der Waals surface area contributed by atoms with E-state index in [4.69, 9.17) is 11.0 Å². The van der Waals surface area contributed by atoms with E-state index in [1.54, 1.807) is 0 Å². The molecule has 0 unspecified atom stereocenters. The highest BCUT2D eigenvalue weighted by Gasteiger charge is 2.22. The maximum atomic E-state index is 12.1. The zero-order valence-electron chi connectivity index (χ0n) is 28.4. The summed E-state index contributed by atoms with van der Waals surface area (Å²) in [5.74, 6) is -0.611. The predicted molar refractivity (Wildman–Crippen MR) is 205 cm³/mol. The van der Waals surface area contributed by atoms with Crippen LogP contribution in [0.1, 0.15) is 0 Å². The first-order valence-electron chi connectivity index (χ1n) is 15.5. The van der Waals surface area contributed by atoms with Gasteiger partial charge in [0.05, 0.1) is 55.2 Å². The molecule has 0 radical (unpaired) electrons. The van der Waals surface area contributed by atoms with E-state index in [1.165, 1.54) is 48.5 Å². The molecule has 0 spiro atoms. The third-order valence-corrected chi connectivity index (χ3v) is 11.3. The van der Waals surface area contributed by atoms with Gasteiger partial charge in [-0.1, -0.05) is 11.1 Å². The molecule has 0 saturated heterocycles. The summed E-state index contributed by atoms with van der Waals surface area (Å²) in [5.41, 5.74) is 5.08. The fraction of sp³-hybridized carbons (Fsp3) is 0. The molecular weight excluding hydrogens is 851 g/mol. The molecule has 8 N–H and O–H groups in total. The molecule has 0 fully saturated rings. The van der Waals surface area contributed by atoms with Crippen LogP contribution in [-0.2, 0) is 39.7 Å². The summed E-state index contributed by atoms with van der Waals surface area (Å²) in [4.78, 5) is 8.27. The second-order valence-corrected chi connectivity index (χ2v) is 16.6. The number of benzene rings is 6. The molecule has 0 aliphatic rings. The first-order valence-corrected chi connectivity index (χ1v) is 20.5. The lowest BCUT2D eigenvalue weighted by atomic mass is 10.1. The van der Waals surface area contributed by atoms with Gasteiger partial charge in [-0.25, -0.2) is 5.26 Å². The maximum Gasteiger partial charge on any atom is 0.296 e. The molecule has 6 rings (SSSR count). The van der Waals surface area contributed by atoms with Crippen LogP contribution in [0, 0.1) is 10.1 Å². The summed E-state index contributed by atoms with van der Waals surface area (Å²) in [7, 11) is -14.4. The number of fused-ring (bicyclic) bond motifs is 2. The van der Waals surface area contributed by atoms with Crippen LogP contribution in [0.4, 0.5) is 45.5 Å². The number of aromatic hydroxyl groups is 1. The average molecular weight is 874 g/mol. The molecule has 58 heavy (non-hydrogen) atoms. The summed E-state index contributed by atoms with van der Waals surface area (Å²) in [6.07, 6.45) is 0. The Kier molecular flexibility index (Phi) is 11.4. The second-order valence-electron chi connectivity index (χ2n) is 11.7. The summed E-state index contributed by atoms with van der Waals surface area (Å²) >= 11 is 0.320. The number of phenols is 1. The van der Waals surface area contributed by atoms with Gasteiger partial charge in [-0.2, -0.15) is 30.4 Å². The molecule has 6 aromatic rings. The van der Waals surface area contributed by atoms with Crippen LogP contribution in [-0.4, -0.2) is 54.2 Å². The first kappa shape index (κ1) is 41.4. The van der Waals surface area contributed by atoms with Gasteiger partial charge in [0.25, 0.3) is 36.0 Å². The monoisotopic (exact) mass is 873 g/mol. The number of nitrogens with zero attached hydrogens (tertiary/aromatic N) is 5. The molecule has 0 amide bonds. The number of nitro groups is 1. The highest BCUT2D eigenvalue weighted by Crippen LogP contribution is 2.46. The number of anilines is 3. The van der Waals surface area contributed by atoms with Gasteiger partial charge >= 0.3 is 0 Å². The number of hydrogen-bond donors (Lipinski definition) is 7. The van der Waals surface area contributed by atoms with Crippen LogP contribution in [0.5, 0.6) is 5.75 Å². The van der Waals surface area contributed by atoms with Crippen LogP contribution in [0.25, 0.3) is 21.5 Å². The second kappa shape index (κ2) is 16.0. The Hall–Kier alpha value is -6.20. The highest BCUT2D eigenvalue weighted by atomic mass is 32.2. The SMILES string of the molecule is Nc1cc2c(O)c(N=Nc3ccc(N=Nc4ccc(Nc5ccc([N+](=O)[O-])cc5S(=O)(=O)O)cc4)c4ccc(S(=O)(=O)O)cc34)c(SOOO)cc2cc1S(=O)(=O)O. The van der Waals surface area contributed by atoms with Crippen LogP contribution in [0.3, 0.4) is 0 Å². The number of non-ortho nitro benzene ring substituents is 1. The molecule has 0 bridgehead atoms. The fourth-order valence-electron chi connectivity index (χ4n) is 5.38. The summed E-state index contributed by atoms with van der Waals surface area (Å²) in [6, 6.07) is 18.3. The van der Waals surface area contributed by atoms with Crippen molar-refractivity contribution in [2.45, 2.75) is 19.6 Å². The predicted octanol–water partition coefficient (Wildman–Crippen LogP) is 7.93. The van der Waals surface area contributed by atoms with Crippen LogP contribution < -0.4 is 11.1 Å². The van der Waals surface area contributed by atoms with Crippen molar-refractivity contribution in [1.29, 1.82) is 0 Å². The number of nitrogens with two attached hydrogens (primary N) is 1. The van der Waals surface area contributed by atoms with Crippen LogP contribution in [0.15, 0.2) is 131 Å². The van der Waals surface area contributed by atoms with E-state index in [1.807, 2.05) is 0 Å². The minimum atomic E-state index is -4.85. The zero-order chi connectivity index (χ0) is 42.2. The van der Waals surface area contributed by atoms with Gasteiger partial charge in [0.2, 0.25) is 0 Å². The lowest BCUT2D eigenvalue weighted by Crippen LogP contribution is -2.04. The lowest BCUT2D eigenvalue weighted by Gasteiger charge is -2.12. The molecule has 26 heteroatoms. The summed E-state index contributed by atoms with van der Waals surface area (Å²) in [6.45, 7) is 0. The van der Waals surface area contributed by atoms with E-state index >= 15 is 0 Å². The Morgan fingerprint density at radius 2 is 1.36 bits per heavy atom. The van der Waals surface area contributed by atoms with E-state index < -0.39 is 67.1 Å². The van der Waals surface area contributed by atoms with E-state index in [9.17, 15) is 54.1 Å². The van der Waals surface area contributed by atoms with Gasteiger partial charge in [-0.05, 0) is 78.2 Å². The van der Waals surface area contributed by atoms with Gasteiger partial charge in [-0.15, -0.1) is 19.7 Å². The number of phenolic OH excluding ortho intramolecular Hbond substituents is 1. The number of rotatable bonds is 13. The lowest BCUT2D eigenvalue weighted by molar-refractivity contribution is -0.432. The number of nitrogens with one attached hydrogen (secondary N) is 1. The molecule has 6 aromatic carbocycles. The maximum absolute atomic E-state index is 12.1. The van der Waals surface area contributed by atoms with Crippen molar-refractivity contribution < 1.29 is 63.6 Å².